The number of nitrogens with one attached hydrogen (secondary N) is 2. The minimum absolute atomic E-state index is 0.228. The molecule has 1 heterocycles. The van der Waals surface area contributed by atoms with Crippen LogP contribution in [0.25, 0.3) is 10.9 Å². The minimum atomic E-state index is -1.04. The summed E-state index contributed by atoms with van der Waals surface area (Å²) < 4.78 is 0. The van der Waals surface area contributed by atoms with Gasteiger partial charge in [0.25, 0.3) is 0 Å². The van der Waals surface area contributed by atoms with Crippen LogP contribution in [0.3, 0.4) is 0 Å². The van der Waals surface area contributed by atoms with E-state index < -0.39 is 17.4 Å². The fraction of sp³-hybridized carbons (Fsp3) is 0.375. The lowest BCUT2D eigenvalue weighted by atomic mass is 9.95. The molecular formula is C16H20N2O3. The van der Waals surface area contributed by atoms with Gasteiger partial charge in [0.15, 0.2) is 0 Å². The normalized spacial score (nSPS) is 13.1. The number of hydrogen-bond acceptors (Lipinski definition) is 2. The van der Waals surface area contributed by atoms with Crippen molar-refractivity contribution in [2.24, 2.45) is 5.41 Å². The fourth-order valence-electron chi connectivity index (χ4n) is 2.04. The molecule has 112 valence electrons. The minimum Gasteiger partial charge on any atom is -0.480 e. The molecule has 3 N–H and O–H groups in total. The van der Waals surface area contributed by atoms with Crippen molar-refractivity contribution in [2.75, 3.05) is 0 Å². The monoisotopic (exact) mass is 288 g/mol. The highest BCUT2D eigenvalue weighted by Gasteiger charge is 2.27. The van der Waals surface area contributed by atoms with Crippen LogP contribution in [0.2, 0.25) is 0 Å². The molecule has 1 aromatic carbocycles. The van der Waals surface area contributed by atoms with E-state index in [4.69, 9.17) is 0 Å². The molecular weight excluding hydrogens is 268 g/mol. The van der Waals surface area contributed by atoms with Gasteiger partial charge in [-0.25, -0.2) is 4.79 Å². The third kappa shape index (κ3) is 3.62. The number of aromatic amines is 1. The van der Waals surface area contributed by atoms with Crippen LogP contribution >= 0.6 is 0 Å². The molecule has 1 aromatic heterocycles. The predicted octanol–water partition coefficient (Wildman–Crippen LogP) is 2.33. The standard InChI is InChI=1S/C16H20N2O3/c1-16(2,3)15(21)18-13(14(19)20)9-11-8-10-6-4-5-7-12(10)17-11/h4-8,13,17H,9H2,1-3H3,(H,18,21)(H,19,20). The number of aromatic nitrogens is 1. The molecule has 0 aliphatic carbocycles. The molecule has 0 saturated carbocycles. The molecule has 1 atom stereocenters. The van der Waals surface area contributed by atoms with Crippen molar-refractivity contribution in [1.29, 1.82) is 0 Å². The SMILES string of the molecule is CC(C)(C)C(=O)NC(Cc1cc2ccccc2[nH]1)C(=O)O. The molecule has 1 unspecified atom stereocenters. The number of carbonyl (C=O) groups is 2. The lowest BCUT2D eigenvalue weighted by Gasteiger charge is -2.21. The Morgan fingerprint density at radius 3 is 2.52 bits per heavy atom. The first-order chi connectivity index (χ1) is 9.77. The fourth-order valence-corrected chi connectivity index (χ4v) is 2.04. The maximum atomic E-state index is 12.0. The molecule has 1 amide bonds. The van der Waals surface area contributed by atoms with Crippen molar-refractivity contribution in [3.63, 3.8) is 0 Å². The van der Waals surface area contributed by atoms with Crippen LogP contribution in [0.5, 0.6) is 0 Å². The second-order valence-corrected chi connectivity index (χ2v) is 6.20. The van der Waals surface area contributed by atoms with Gasteiger partial charge in [0.2, 0.25) is 5.91 Å². The van der Waals surface area contributed by atoms with Crippen LogP contribution in [0.1, 0.15) is 26.5 Å². The van der Waals surface area contributed by atoms with E-state index in [1.54, 1.807) is 20.8 Å². The van der Waals surface area contributed by atoms with Crippen LogP contribution < -0.4 is 5.32 Å². The molecule has 0 aliphatic rings. The number of amides is 1. The Labute approximate surface area is 123 Å². The number of aliphatic carboxylic acids is 1. The maximum Gasteiger partial charge on any atom is 0.326 e. The molecule has 21 heavy (non-hydrogen) atoms. The van der Waals surface area contributed by atoms with Gasteiger partial charge >= 0.3 is 5.97 Å². The predicted molar refractivity (Wildman–Crippen MR) is 81.0 cm³/mol. The van der Waals surface area contributed by atoms with Crippen molar-refractivity contribution in [1.82, 2.24) is 10.3 Å². The number of fused-ring (bicyclic) bond motifs is 1. The van der Waals surface area contributed by atoms with E-state index in [0.717, 1.165) is 16.6 Å². The van der Waals surface area contributed by atoms with Gasteiger partial charge < -0.3 is 15.4 Å². The van der Waals surface area contributed by atoms with Gasteiger partial charge in [0.1, 0.15) is 6.04 Å². The van der Waals surface area contributed by atoms with E-state index in [-0.39, 0.29) is 12.3 Å². The molecule has 0 bridgehead atoms. The van der Waals surface area contributed by atoms with E-state index >= 15 is 0 Å². The highest BCUT2D eigenvalue weighted by molar-refractivity contribution is 5.87. The summed E-state index contributed by atoms with van der Waals surface area (Å²) in [5.74, 6) is -1.31. The van der Waals surface area contributed by atoms with E-state index in [0.29, 0.717) is 0 Å². The summed E-state index contributed by atoms with van der Waals surface area (Å²) >= 11 is 0. The van der Waals surface area contributed by atoms with Gasteiger partial charge in [-0.3, -0.25) is 4.79 Å². The third-order valence-corrected chi connectivity index (χ3v) is 3.29. The van der Waals surface area contributed by atoms with Crippen molar-refractivity contribution < 1.29 is 14.7 Å². The van der Waals surface area contributed by atoms with Gasteiger partial charge in [-0.2, -0.15) is 0 Å². The molecule has 2 aromatic rings. The summed E-state index contributed by atoms with van der Waals surface area (Å²) in [5, 5.41) is 12.9. The molecule has 0 aliphatic heterocycles. The number of rotatable bonds is 4. The Bertz CT molecular complexity index is 634. The lowest BCUT2D eigenvalue weighted by Crippen LogP contribution is -2.46. The molecule has 5 heteroatoms. The number of hydrogen-bond donors (Lipinski definition) is 3. The molecule has 0 spiro atoms. The zero-order valence-corrected chi connectivity index (χ0v) is 12.4. The summed E-state index contributed by atoms with van der Waals surface area (Å²) in [5.41, 5.74) is 1.13. The maximum absolute atomic E-state index is 12.0. The highest BCUT2D eigenvalue weighted by atomic mass is 16.4. The van der Waals surface area contributed by atoms with E-state index in [9.17, 15) is 14.7 Å². The van der Waals surface area contributed by atoms with Crippen molar-refractivity contribution in [2.45, 2.75) is 33.2 Å². The summed E-state index contributed by atoms with van der Waals surface area (Å²) in [6.45, 7) is 5.26. The average Bonchev–Trinajstić information content (AvgIpc) is 2.78. The zero-order chi connectivity index (χ0) is 15.6. The molecule has 0 fully saturated rings. The Hall–Kier alpha value is -2.30. The van der Waals surface area contributed by atoms with Crippen LogP contribution in [0.15, 0.2) is 30.3 Å². The van der Waals surface area contributed by atoms with Crippen LogP contribution in [0.4, 0.5) is 0 Å². The van der Waals surface area contributed by atoms with Gasteiger partial charge in [-0.05, 0) is 17.5 Å². The molecule has 5 nitrogen and oxygen atoms in total. The van der Waals surface area contributed by atoms with Gasteiger partial charge in [0, 0.05) is 23.0 Å². The van der Waals surface area contributed by atoms with E-state index in [1.807, 2.05) is 30.3 Å². The summed E-state index contributed by atoms with van der Waals surface area (Å²) in [7, 11) is 0. The van der Waals surface area contributed by atoms with Gasteiger partial charge in [0.05, 0.1) is 0 Å². The Morgan fingerprint density at radius 1 is 1.29 bits per heavy atom. The molecule has 2 rings (SSSR count). The van der Waals surface area contributed by atoms with E-state index in [1.165, 1.54) is 0 Å². The number of carboxylic acid groups (broad SMARTS) is 1. The first-order valence-electron chi connectivity index (χ1n) is 6.88. The number of benzene rings is 1. The lowest BCUT2D eigenvalue weighted by molar-refractivity contribution is -0.143. The second kappa shape index (κ2) is 5.60. The first-order valence-corrected chi connectivity index (χ1v) is 6.88. The largest absolute Gasteiger partial charge is 0.480 e. The van der Waals surface area contributed by atoms with Crippen molar-refractivity contribution in [3.8, 4) is 0 Å². The van der Waals surface area contributed by atoms with Crippen LogP contribution in [0, 0.1) is 5.41 Å². The number of para-hydroxylation sites is 1. The Morgan fingerprint density at radius 2 is 1.95 bits per heavy atom. The summed E-state index contributed by atoms with van der Waals surface area (Å²) in [6, 6.07) is 8.70. The number of carbonyl (C=O) groups excluding carboxylic acids is 1. The average molecular weight is 288 g/mol. The van der Waals surface area contributed by atoms with Crippen LogP contribution in [-0.2, 0) is 16.0 Å². The summed E-state index contributed by atoms with van der Waals surface area (Å²) in [6.07, 6.45) is 0.228. The van der Waals surface area contributed by atoms with E-state index in [2.05, 4.69) is 10.3 Å². The highest BCUT2D eigenvalue weighted by Crippen LogP contribution is 2.17. The Kier molecular flexibility index (Phi) is 4.02. The van der Waals surface area contributed by atoms with Crippen molar-refractivity contribution >= 4 is 22.8 Å². The van der Waals surface area contributed by atoms with Gasteiger partial charge in [-0.15, -0.1) is 0 Å². The Balaban J connectivity index is 2.16. The first kappa shape index (κ1) is 15.1. The molecule has 0 radical (unpaired) electrons. The van der Waals surface area contributed by atoms with Crippen LogP contribution in [-0.4, -0.2) is 28.0 Å². The summed E-state index contributed by atoms with van der Waals surface area (Å²) in [4.78, 5) is 26.5. The van der Waals surface area contributed by atoms with Crippen molar-refractivity contribution in [3.05, 3.63) is 36.0 Å². The number of H-pyrrole nitrogens is 1. The topological polar surface area (TPSA) is 82.2 Å². The zero-order valence-electron chi connectivity index (χ0n) is 12.4. The van der Waals surface area contributed by atoms with Gasteiger partial charge in [-0.1, -0.05) is 39.0 Å². The quantitative estimate of drug-likeness (QED) is 0.807. The number of carboxylic acids is 1. The smallest absolute Gasteiger partial charge is 0.326 e. The second-order valence-electron chi connectivity index (χ2n) is 6.20. The molecule has 0 saturated heterocycles. The third-order valence-electron chi connectivity index (χ3n) is 3.29.